The third-order valence-corrected chi connectivity index (χ3v) is 7.93. The largest absolute Gasteiger partial charge is 0.322 e. The van der Waals surface area contributed by atoms with Crippen molar-refractivity contribution in [3.8, 4) is 11.3 Å². The summed E-state index contributed by atoms with van der Waals surface area (Å²) in [5.41, 5.74) is 3.31. The van der Waals surface area contributed by atoms with Gasteiger partial charge in [-0.15, -0.1) is 0 Å². The van der Waals surface area contributed by atoms with Gasteiger partial charge in [0.05, 0.1) is 17.0 Å². The molecule has 5 rings (SSSR count). The van der Waals surface area contributed by atoms with Crippen LogP contribution >= 0.6 is 0 Å². The number of hydrogen-bond acceptors (Lipinski definition) is 4. The molecule has 8 heteroatoms. The summed E-state index contributed by atoms with van der Waals surface area (Å²) in [7, 11) is -3.58. The molecule has 0 spiro atoms. The van der Waals surface area contributed by atoms with Crippen LogP contribution in [0.3, 0.4) is 0 Å². The maximum atomic E-state index is 13.4. The molecule has 1 saturated heterocycles. The van der Waals surface area contributed by atoms with E-state index in [2.05, 4.69) is 5.32 Å². The second-order valence-electron chi connectivity index (χ2n) is 8.53. The van der Waals surface area contributed by atoms with Crippen molar-refractivity contribution in [3.05, 3.63) is 102 Å². The van der Waals surface area contributed by atoms with Gasteiger partial charge in [-0.1, -0.05) is 66.7 Å². The maximum Gasteiger partial charge on any atom is 0.259 e. The van der Waals surface area contributed by atoms with E-state index in [0.717, 1.165) is 24.0 Å². The van der Waals surface area contributed by atoms with Gasteiger partial charge in [0, 0.05) is 30.5 Å². The molecule has 4 aromatic rings. The molecule has 1 aromatic heterocycles. The first-order valence-electron chi connectivity index (χ1n) is 11.6. The minimum absolute atomic E-state index is 0.181. The van der Waals surface area contributed by atoms with Crippen molar-refractivity contribution in [3.63, 3.8) is 0 Å². The second kappa shape index (κ2) is 9.85. The van der Waals surface area contributed by atoms with E-state index >= 15 is 0 Å². The number of aromatic nitrogens is 2. The number of amides is 1. The van der Waals surface area contributed by atoms with Crippen LogP contribution in [-0.2, 0) is 16.6 Å². The zero-order valence-corrected chi connectivity index (χ0v) is 20.0. The molecule has 7 nitrogen and oxygen atoms in total. The Morgan fingerprint density at radius 2 is 1.57 bits per heavy atom. The number of rotatable bonds is 7. The van der Waals surface area contributed by atoms with Gasteiger partial charge >= 0.3 is 0 Å². The van der Waals surface area contributed by atoms with Crippen molar-refractivity contribution >= 4 is 21.6 Å². The van der Waals surface area contributed by atoms with Crippen LogP contribution in [0.2, 0.25) is 0 Å². The van der Waals surface area contributed by atoms with Gasteiger partial charge in [-0.3, -0.25) is 9.48 Å². The Hall–Kier alpha value is -3.75. The van der Waals surface area contributed by atoms with E-state index in [1.54, 1.807) is 29.1 Å². The van der Waals surface area contributed by atoms with Crippen LogP contribution in [-0.4, -0.2) is 41.5 Å². The van der Waals surface area contributed by atoms with Crippen LogP contribution in [0.15, 0.2) is 96.0 Å². The molecule has 1 aliphatic rings. The molecule has 0 aliphatic carbocycles. The predicted molar refractivity (Wildman–Crippen MR) is 136 cm³/mol. The number of hydrogen-bond donors (Lipinski definition) is 1. The molecule has 0 atom stereocenters. The Bertz CT molecular complexity index is 1430. The van der Waals surface area contributed by atoms with Gasteiger partial charge in [-0.25, -0.2) is 8.42 Å². The smallest absolute Gasteiger partial charge is 0.259 e. The molecule has 35 heavy (non-hydrogen) atoms. The lowest BCUT2D eigenvalue weighted by Gasteiger charge is -2.16. The fourth-order valence-corrected chi connectivity index (χ4v) is 5.82. The number of sulfonamides is 1. The Kier molecular flexibility index (Phi) is 6.48. The van der Waals surface area contributed by atoms with E-state index in [1.807, 2.05) is 60.7 Å². The molecule has 3 aromatic carbocycles. The summed E-state index contributed by atoms with van der Waals surface area (Å²) in [6, 6.07) is 25.9. The van der Waals surface area contributed by atoms with Gasteiger partial charge in [0.1, 0.15) is 5.69 Å². The lowest BCUT2D eigenvalue weighted by atomic mass is 10.1. The Morgan fingerprint density at radius 1 is 0.886 bits per heavy atom. The fraction of sp³-hybridized carbons (Fsp3) is 0.185. The summed E-state index contributed by atoms with van der Waals surface area (Å²) in [4.78, 5) is 13.5. The third kappa shape index (κ3) is 5.03. The average molecular weight is 487 g/mol. The Morgan fingerprint density at radius 3 is 2.29 bits per heavy atom. The van der Waals surface area contributed by atoms with Gasteiger partial charge < -0.3 is 5.32 Å². The molecule has 1 fully saturated rings. The highest BCUT2D eigenvalue weighted by Gasteiger charge is 2.27. The van der Waals surface area contributed by atoms with Gasteiger partial charge in [0.15, 0.2) is 0 Å². The fourth-order valence-electron chi connectivity index (χ4n) is 4.26. The van der Waals surface area contributed by atoms with Crippen LogP contribution in [0, 0.1) is 0 Å². The lowest BCUT2D eigenvalue weighted by Crippen LogP contribution is -2.27. The maximum absolute atomic E-state index is 13.4. The third-order valence-electron chi connectivity index (χ3n) is 6.04. The molecule has 1 amide bonds. The van der Waals surface area contributed by atoms with Gasteiger partial charge in [0.25, 0.3) is 5.91 Å². The standard InChI is InChI=1S/C27H26N4O3S/c32-27(28-23-14-9-15-24(18-23)35(33,34)31-16-7-8-17-31)25-20-30(19-21-10-3-1-4-11-21)29-26(25)22-12-5-2-6-13-22/h1-6,9-15,18,20H,7-8,16-17,19H2,(H,28,32). The molecule has 2 heterocycles. The van der Waals surface area contributed by atoms with Gasteiger partial charge in [-0.05, 0) is 36.6 Å². The summed E-state index contributed by atoms with van der Waals surface area (Å²) < 4.78 is 29.2. The first-order valence-corrected chi connectivity index (χ1v) is 13.0. The van der Waals surface area contributed by atoms with Crippen LogP contribution in [0.1, 0.15) is 28.8 Å². The summed E-state index contributed by atoms with van der Waals surface area (Å²) in [5.74, 6) is -0.348. The van der Waals surface area contributed by atoms with Crippen LogP contribution in [0.25, 0.3) is 11.3 Å². The highest BCUT2D eigenvalue weighted by Crippen LogP contribution is 2.26. The number of carbonyl (C=O) groups excluding carboxylic acids is 1. The molecule has 178 valence electrons. The highest BCUT2D eigenvalue weighted by atomic mass is 32.2. The van der Waals surface area contributed by atoms with E-state index in [9.17, 15) is 13.2 Å². The zero-order valence-electron chi connectivity index (χ0n) is 19.2. The van der Waals surface area contributed by atoms with Gasteiger partial charge in [0.2, 0.25) is 10.0 Å². The van der Waals surface area contributed by atoms with E-state index in [1.165, 1.54) is 10.4 Å². The average Bonchev–Trinajstić information content (AvgIpc) is 3.57. The van der Waals surface area contributed by atoms with E-state index < -0.39 is 10.0 Å². The van der Waals surface area contributed by atoms with E-state index in [0.29, 0.717) is 36.6 Å². The molecule has 1 aliphatic heterocycles. The number of nitrogens with zero attached hydrogens (tertiary/aromatic N) is 3. The molecule has 0 radical (unpaired) electrons. The van der Waals surface area contributed by atoms with E-state index in [-0.39, 0.29) is 10.8 Å². The highest BCUT2D eigenvalue weighted by molar-refractivity contribution is 7.89. The Labute approximate surface area is 205 Å². The zero-order chi connectivity index (χ0) is 24.3. The minimum Gasteiger partial charge on any atom is -0.322 e. The lowest BCUT2D eigenvalue weighted by molar-refractivity contribution is 0.102. The molecule has 0 unspecified atom stereocenters. The van der Waals surface area contributed by atoms with E-state index in [4.69, 9.17) is 5.10 Å². The normalized spacial score (nSPS) is 14.2. The number of nitrogens with one attached hydrogen (secondary N) is 1. The summed E-state index contributed by atoms with van der Waals surface area (Å²) in [5, 5.41) is 7.57. The van der Waals surface area contributed by atoms with Crippen LogP contribution in [0.5, 0.6) is 0 Å². The minimum atomic E-state index is -3.58. The predicted octanol–water partition coefficient (Wildman–Crippen LogP) is 4.64. The van der Waals surface area contributed by atoms with Crippen molar-refractivity contribution in [1.82, 2.24) is 14.1 Å². The summed E-state index contributed by atoms with van der Waals surface area (Å²) in [6.07, 6.45) is 3.46. The van der Waals surface area contributed by atoms with Crippen molar-refractivity contribution in [2.24, 2.45) is 0 Å². The van der Waals surface area contributed by atoms with Crippen molar-refractivity contribution < 1.29 is 13.2 Å². The quantitative estimate of drug-likeness (QED) is 0.413. The summed E-state index contributed by atoms with van der Waals surface area (Å²) >= 11 is 0. The van der Waals surface area contributed by atoms with Crippen molar-refractivity contribution in [2.75, 3.05) is 18.4 Å². The SMILES string of the molecule is O=C(Nc1cccc(S(=O)(=O)N2CCCC2)c1)c1cn(Cc2ccccc2)nc1-c1ccccc1. The molecular formula is C27H26N4O3S. The van der Waals surface area contributed by atoms with Gasteiger partial charge in [-0.2, -0.15) is 9.40 Å². The molecule has 0 saturated carbocycles. The number of anilines is 1. The first kappa shape index (κ1) is 23.0. The number of benzene rings is 3. The Balaban J connectivity index is 1.44. The molecule has 1 N–H and O–H groups in total. The molecular weight excluding hydrogens is 460 g/mol. The van der Waals surface area contributed by atoms with Crippen molar-refractivity contribution in [2.45, 2.75) is 24.3 Å². The first-order chi connectivity index (χ1) is 17.0. The monoisotopic (exact) mass is 486 g/mol. The number of carbonyl (C=O) groups is 1. The second-order valence-corrected chi connectivity index (χ2v) is 10.5. The topological polar surface area (TPSA) is 84.3 Å². The molecule has 0 bridgehead atoms. The summed E-state index contributed by atoms with van der Waals surface area (Å²) in [6.45, 7) is 1.58. The van der Waals surface area contributed by atoms with Crippen molar-refractivity contribution in [1.29, 1.82) is 0 Å². The van der Waals surface area contributed by atoms with Crippen LogP contribution in [0.4, 0.5) is 5.69 Å². The van der Waals surface area contributed by atoms with Crippen LogP contribution < -0.4 is 5.32 Å².